The van der Waals surface area contributed by atoms with Crippen LogP contribution < -0.4 is 9.84 Å². The van der Waals surface area contributed by atoms with Crippen LogP contribution in [0.15, 0.2) is 18.2 Å². The summed E-state index contributed by atoms with van der Waals surface area (Å²) in [7, 11) is 0. The van der Waals surface area contributed by atoms with Crippen LogP contribution in [0.5, 0.6) is 5.75 Å². The zero-order chi connectivity index (χ0) is 10.7. The minimum atomic E-state index is -1.36. The first kappa shape index (κ1) is 10.2. The van der Waals surface area contributed by atoms with Crippen molar-refractivity contribution >= 4 is 11.9 Å². The number of carbonyl (C=O) groups is 2. The average Bonchev–Trinajstić information content (AvgIpc) is 2.07. The maximum Gasteiger partial charge on any atom is 0.308 e. The van der Waals surface area contributed by atoms with E-state index in [1.165, 1.54) is 13.0 Å². The number of benzene rings is 1. The highest BCUT2D eigenvalue weighted by Gasteiger charge is 2.09. The van der Waals surface area contributed by atoms with Crippen LogP contribution in [0.4, 0.5) is 0 Å². The molecule has 0 N–H and O–H groups in total. The molecule has 0 aliphatic rings. The van der Waals surface area contributed by atoms with Gasteiger partial charge < -0.3 is 14.6 Å². The van der Waals surface area contributed by atoms with Gasteiger partial charge in [-0.2, -0.15) is 0 Å². The third-order valence-electron chi connectivity index (χ3n) is 1.68. The molecule has 0 fully saturated rings. The van der Waals surface area contributed by atoms with E-state index in [0.29, 0.717) is 5.56 Å². The van der Waals surface area contributed by atoms with Crippen molar-refractivity contribution in [2.24, 2.45) is 0 Å². The molecule has 0 bridgehead atoms. The minimum Gasteiger partial charge on any atom is -0.545 e. The highest BCUT2D eigenvalue weighted by molar-refractivity contribution is 5.91. The average molecular weight is 193 g/mol. The van der Waals surface area contributed by atoms with E-state index in [2.05, 4.69) is 0 Å². The van der Waals surface area contributed by atoms with Crippen LogP contribution in [0.1, 0.15) is 22.8 Å². The third kappa shape index (κ3) is 2.10. The van der Waals surface area contributed by atoms with E-state index in [1.807, 2.05) is 0 Å². The topological polar surface area (TPSA) is 66.4 Å². The highest BCUT2D eigenvalue weighted by atomic mass is 16.5. The van der Waals surface area contributed by atoms with E-state index in [1.54, 1.807) is 19.1 Å². The van der Waals surface area contributed by atoms with E-state index in [0.717, 1.165) is 0 Å². The summed E-state index contributed by atoms with van der Waals surface area (Å²) in [6, 6.07) is 4.55. The van der Waals surface area contributed by atoms with Gasteiger partial charge in [-0.1, -0.05) is 12.1 Å². The number of rotatable bonds is 2. The molecule has 0 atom stereocenters. The Bertz CT molecular complexity index is 382. The molecule has 74 valence electrons. The molecular weight excluding hydrogens is 184 g/mol. The number of para-hydroxylation sites is 1. The first-order chi connectivity index (χ1) is 6.52. The first-order valence-corrected chi connectivity index (χ1v) is 4.01. The normalized spacial score (nSPS) is 9.57. The van der Waals surface area contributed by atoms with Gasteiger partial charge in [-0.3, -0.25) is 4.79 Å². The Balaban J connectivity index is 3.22. The molecule has 0 radical (unpaired) electrons. The van der Waals surface area contributed by atoms with Crippen LogP contribution >= 0.6 is 0 Å². The fourth-order valence-electron chi connectivity index (χ4n) is 1.09. The summed E-state index contributed by atoms with van der Waals surface area (Å²) >= 11 is 0. The van der Waals surface area contributed by atoms with Gasteiger partial charge in [-0.15, -0.1) is 0 Å². The molecule has 0 aliphatic heterocycles. The third-order valence-corrected chi connectivity index (χ3v) is 1.68. The lowest BCUT2D eigenvalue weighted by atomic mass is 10.1. The second kappa shape index (κ2) is 3.91. The standard InChI is InChI=1S/C10H10O4/c1-6-4-3-5-8(10(12)13)9(6)14-7(2)11/h3-5H,1-2H3,(H,12,13)/p-1. The molecule has 0 amide bonds. The Morgan fingerprint density at radius 3 is 2.50 bits per heavy atom. The van der Waals surface area contributed by atoms with Gasteiger partial charge in [-0.05, 0) is 18.6 Å². The molecule has 0 spiro atoms. The van der Waals surface area contributed by atoms with Crippen molar-refractivity contribution in [3.63, 3.8) is 0 Å². The Morgan fingerprint density at radius 2 is 2.00 bits per heavy atom. The maximum atomic E-state index is 10.7. The lowest BCUT2D eigenvalue weighted by Gasteiger charge is -2.11. The van der Waals surface area contributed by atoms with Crippen LogP contribution in [0.25, 0.3) is 0 Å². The van der Waals surface area contributed by atoms with Gasteiger partial charge in [0.15, 0.2) is 0 Å². The van der Waals surface area contributed by atoms with Gasteiger partial charge in [-0.25, -0.2) is 0 Å². The number of ether oxygens (including phenoxy) is 1. The van der Waals surface area contributed by atoms with Gasteiger partial charge in [0.1, 0.15) is 5.75 Å². The van der Waals surface area contributed by atoms with E-state index < -0.39 is 11.9 Å². The number of hydrogen-bond acceptors (Lipinski definition) is 4. The predicted octanol–water partition coefficient (Wildman–Crippen LogP) is 0.284. The summed E-state index contributed by atoms with van der Waals surface area (Å²) in [6.45, 7) is 2.87. The molecular formula is C10H9O4-. The molecule has 0 saturated heterocycles. The van der Waals surface area contributed by atoms with Gasteiger partial charge in [0, 0.05) is 12.5 Å². The monoisotopic (exact) mass is 193 g/mol. The molecule has 0 saturated carbocycles. The molecule has 0 unspecified atom stereocenters. The summed E-state index contributed by atoms with van der Waals surface area (Å²) in [5, 5.41) is 10.7. The Morgan fingerprint density at radius 1 is 1.36 bits per heavy atom. The van der Waals surface area contributed by atoms with Crippen LogP contribution in [-0.4, -0.2) is 11.9 Å². The van der Waals surface area contributed by atoms with Crippen LogP contribution in [0, 0.1) is 6.92 Å². The number of carbonyl (C=O) groups excluding carboxylic acids is 2. The summed E-state index contributed by atoms with van der Waals surface area (Å²) in [4.78, 5) is 21.4. The SMILES string of the molecule is CC(=O)Oc1c(C)cccc1C(=O)[O-]. The number of esters is 1. The second-order valence-corrected chi connectivity index (χ2v) is 2.83. The number of carboxylic acids is 1. The Hall–Kier alpha value is -1.84. The van der Waals surface area contributed by atoms with Crippen molar-refractivity contribution in [3.05, 3.63) is 29.3 Å². The lowest BCUT2D eigenvalue weighted by molar-refractivity contribution is -0.255. The molecule has 0 aliphatic carbocycles. The van der Waals surface area contributed by atoms with E-state index in [-0.39, 0.29) is 11.3 Å². The number of aryl methyl sites for hydroxylation is 1. The molecule has 0 aromatic heterocycles. The van der Waals surface area contributed by atoms with Crippen molar-refractivity contribution in [1.29, 1.82) is 0 Å². The van der Waals surface area contributed by atoms with Crippen LogP contribution in [0.3, 0.4) is 0 Å². The number of aromatic carboxylic acids is 1. The van der Waals surface area contributed by atoms with Crippen LogP contribution in [0.2, 0.25) is 0 Å². The first-order valence-electron chi connectivity index (χ1n) is 4.01. The fourth-order valence-corrected chi connectivity index (χ4v) is 1.09. The highest BCUT2D eigenvalue weighted by Crippen LogP contribution is 2.22. The largest absolute Gasteiger partial charge is 0.545 e. The molecule has 1 aromatic rings. The zero-order valence-electron chi connectivity index (χ0n) is 7.87. The Kier molecular flexibility index (Phi) is 2.86. The molecule has 4 nitrogen and oxygen atoms in total. The zero-order valence-corrected chi connectivity index (χ0v) is 7.87. The van der Waals surface area contributed by atoms with Crippen molar-refractivity contribution in [2.45, 2.75) is 13.8 Å². The number of carboxylic acid groups (broad SMARTS) is 1. The smallest absolute Gasteiger partial charge is 0.308 e. The molecule has 1 rings (SSSR count). The van der Waals surface area contributed by atoms with Gasteiger partial charge in [0.2, 0.25) is 0 Å². The van der Waals surface area contributed by atoms with E-state index in [9.17, 15) is 14.7 Å². The van der Waals surface area contributed by atoms with Gasteiger partial charge in [0.05, 0.1) is 5.97 Å². The second-order valence-electron chi connectivity index (χ2n) is 2.83. The molecule has 1 aromatic carbocycles. The van der Waals surface area contributed by atoms with Crippen molar-refractivity contribution < 1.29 is 19.4 Å². The molecule has 14 heavy (non-hydrogen) atoms. The summed E-state index contributed by atoms with van der Waals surface area (Å²) < 4.78 is 4.78. The van der Waals surface area contributed by atoms with Gasteiger partial charge in [0.25, 0.3) is 0 Å². The Labute approximate surface area is 81.1 Å². The van der Waals surface area contributed by atoms with Crippen molar-refractivity contribution in [2.75, 3.05) is 0 Å². The fraction of sp³-hybridized carbons (Fsp3) is 0.200. The van der Waals surface area contributed by atoms with Crippen molar-refractivity contribution in [3.8, 4) is 5.75 Å². The van der Waals surface area contributed by atoms with Crippen LogP contribution in [-0.2, 0) is 4.79 Å². The molecule has 0 heterocycles. The summed E-state index contributed by atoms with van der Waals surface area (Å²) in [6.07, 6.45) is 0. The number of hydrogen-bond donors (Lipinski definition) is 0. The van der Waals surface area contributed by atoms with Crippen molar-refractivity contribution in [1.82, 2.24) is 0 Å². The van der Waals surface area contributed by atoms with Gasteiger partial charge >= 0.3 is 5.97 Å². The summed E-state index contributed by atoms with van der Waals surface area (Å²) in [5.41, 5.74) is 0.474. The van der Waals surface area contributed by atoms with E-state index >= 15 is 0 Å². The minimum absolute atomic E-state index is 0.0556. The molecule has 4 heteroatoms. The quantitative estimate of drug-likeness (QED) is 0.500. The lowest BCUT2D eigenvalue weighted by Crippen LogP contribution is -2.23. The maximum absolute atomic E-state index is 10.7. The van der Waals surface area contributed by atoms with E-state index in [4.69, 9.17) is 4.74 Å². The predicted molar refractivity (Wildman–Crippen MR) is 46.8 cm³/mol. The summed E-state index contributed by atoms with van der Waals surface area (Å²) in [5.74, 6) is -1.85.